The second-order valence-corrected chi connectivity index (χ2v) is 6.38. The molecular weight excluding hydrogens is 377 g/mol. The van der Waals surface area contributed by atoms with Gasteiger partial charge in [0.1, 0.15) is 5.82 Å². The molecule has 0 aliphatic heterocycles. The highest BCUT2D eigenvalue weighted by molar-refractivity contribution is 9.10. The number of halogens is 2. The van der Waals surface area contributed by atoms with Gasteiger partial charge in [0.05, 0.1) is 5.56 Å². The number of benzene rings is 2. The first-order valence-electron chi connectivity index (χ1n) is 7.28. The van der Waals surface area contributed by atoms with Gasteiger partial charge >= 0.3 is 5.97 Å². The minimum atomic E-state index is -0.770. The second-order valence-electron chi connectivity index (χ2n) is 5.52. The van der Waals surface area contributed by atoms with Crippen LogP contribution >= 0.6 is 15.9 Å². The highest BCUT2D eigenvalue weighted by atomic mass is 79.9. The zero-order chi connectivity index (χ0) is 17.9. The van der Waals surface area contributed by atoms with Gasteiger partial charge in [-0.2, -0.15) is 0 Å². The van der Waals surface area contributed by atoms with Gasteiger partial charge in [-0.15, -0.1) is 0 Å². The maximum atomic E-state index is 13.2. The van der Waals surface area contributed by atoms with Gasteiger partial charge in [-0.25, -0.2) is 9.18 Å². The van der Waals surface area contributed by atoms with Crippen molar-refractivity contribution < 1.29 is 18.7 Å². The second kappa shape index (κ2) is 7.57. The Hall–Kier alpha value is -2.21. The summed E-state index contributed by atoms with van der Waals surface area (Å²) in [5.74, 6) is -1.78. The monoisotopic (exact) mass is 393 g/mol. The lowest BCUT2D eigenvalue weighted by Crippen LogP contribution is -2.22. The molecule has 24 heavy (non-hydrogen) atoms. The molecule has 4 nitrogen and oxygen atoms in total. The van der Waals surface area contributed by atoms with Crippen molar-refractivity contribution in [2.45, 2.75) is 20.8 Å². The molecule has 126 valence electrons. The molecule has 0 fully saturated rings. The zero-order valence-corrected chi connectivity index (χ0v) is 15.2. The number of carbonyl (C=O) groups excluding carboxylic acids is 2. The van der Waals surface area contributed by atoms with Gasteiger partial charge in [-0.3, -0.25) is 4.79 Å². The van der Waals surface area contributed by atoms with E-state index in [1.165, 1.54) is 12.1 Å². The summed E-state index contributed by atoms with van der Waals surface area (Å²) in [6, 6.07) is 7.59. The van der Waals surface area contributed by atoms with Crippen LogP contribution in [0.3, 0.4) is 0 Å². The summed E-state index contributed by atoms with van der Waals surface area (Å²) in [5.41, 5.74) is 3.70. The molecule has 0 aliphatic carbocycles. The van der Waals surface area contributed by atoms with Crippen LogP contribution in [-0.2, 0) is 9.53 Å². The van der Waals surface area contributed by atoms with Crippen LogP contribution in [0, 0.1) is 26.6 Å². The van der Waals surface area contributed by atoms with Crippen LogP contribution < -0.4 is 5.32 Å². The van der Waals surface area contributed by atoms with E-state index < -0.39 is 24.3 Å². The van der Waals surface area contributed by atoms with Crippen LogP contribution in [0.2, 0.25) is 0 Å². The van der Waals surface area contributed by atoms with E-state index in [0.717, 1.165) is 22.8 Å². The van der Waals surface area contributed by atoms with Crippen LogP contribution in [-0.4, -0.2) is 18.5 Å². The fraction of sp³-hybridized carbons (Fsp3) is 0.222. The molecule has 2 aromatic rings. The zero-order valence-electron chi connectivity index (χ0n) is 13.6. The van der Waals surface area contributed by atoms with Crippen molar-refractivity contribution in [1.29, 1.82) is 0 Å². The number of rotatable bonds is 4. The van der Waals surface area contributed by atoms with Crippen molar-refractivity contribution in [3.8, 4) is 0 Å². The molecular formula is C18H17BrFNO3. The molecule has 0 atom stereocenters. The Kier molecular flexibility index (Phi) is 5.72. The Morgan fingerprint density at radius 2 is 1.75 bits per heavy atom. The quantitative estimate of drug-likeness (QED) is 0.787. The molecule has 0 saturated carbocycles. The Bertz CT molecular complexity index is 782. The molecule has 0 aliphatic rings. The molecule has 1 amide bonds. The predicted octanol–water partition coefficient (Wildman–Crippen LogP) is 4.31. The summed E-state index contributed by atoms with van der Waals surface area (Å²) < 4.78 is 18.6. The summed E-state index contributed by atoms with van der Waals surface area (Å²) >= 11 is 3.15. The third-order valence-electron chi connectivity index (χ3n) is 3.42. The third-order valence-corrected chi connectivity index (χ3v) is 4.12. The van der Waals surface area contributed by atoms with Crippen molar-refractivity contribution in [3.63, 3.8) is 0 Å². The molecule has 6 heteroatoms. The van der Waals surface area contributed by atoms with E-state index in [-0.39, 0.29) is 5.56 Å². The average molecular weight is 394 g/mol. The lowest BCUT2D eigenvalue weighted by atomic mass is 10.1. The lowest BCUT2D eigenvalue weighted by molar-refractivity contribution is -0.119. The van der Waals surface area contributed by atoms with Crippen LogP contribution in [0.5, 0.6) is 0 Å². The minimum absolute atomic E-state index is 0.0329. The van der Waals surface area contributed by atoms with Gasteiger partial charge < -0.3 is 10.1 Å². The molecule has 0 radical (unpaired) electrons. The van der Waals surface area contributed by atoms with Crippen LogP contribution in [0.25, 0.3) is 0 Å². The van der Waals surface area contributed by atoms with E-state index in [0.29, 0.717) is 10.2 Å². The van der Waals surface area contributed by atoms with Crippen molar-refractivity contribution in [1.82, 2.24) is 0 Å². The van der Waals surface area contributed by atoms with Gasteiger partial charge in [0, 0.05) is 10.2 Å². The fourth-order valence-electron chi connectivity index (χ4n) is 2.42. The van der Waals surface area contributed by atoms with Gasteiger partial charge in [0.2, 0.25) is 0 Å². The van der Waals surface area contributed by atoms with Crippen LogP contribution in [0.1, 0.15) is 27.0 Å². The Morgan fingerprint density at radius 3 is 2.38 bits per heavy atom. The first-order valence-corrected chi connectivity index (χ1v) is 8.07. The van der Waals surface area contributed by atoms with Gasteiger partial charge in [0.15, 0.2) is 6.61 Å². The molecule has 0 unspecified atom stereocenters. The highest BCUT2D eigenvalue weighted by Crippen LogP contribution is 2.22. The molecule has 0 heterocycles. The number of hydrogen-bond acceptors (Lipinski definition) is 3. The van der Waals surface area contributed by atoms with Crippen molar-refractivity contribution >= 4 is 33.5 Å². The number of esters is 1. The molecule has 0 aromatic heterocycles. The van der Waals surface area contributed by atoms with Gasteiger partial charge in [-0.1, -0.05) is 17.7 Å². The van der Waals surface area contributed by atoms with Crippen molar-refractivity contribution in [2.75, 3.05) is 11.9 Å². The number of nitrogens with one attached hydrogen (secondary N) is 1. The normalized spacial score (nSPS) is 10.4. The molecule has 2 aromatic carbocycles. The minimum Gasteiger partial charge on any atom is -0.452 e. The lowest BCUT2D eigenvalue weighted by Gasteiger charge is -2.13. The van der Waals surface area contributed by atoms with E-state index in [9.17, 15) is 14.0 Å². The summed E-state index contributed by atoms with van der Waals surface area (Å²) in [6.45, 7) is 5.32. The van der Waals surface area contributed by atoms with Gasteiger partial charge in [0.25, 0.3) is 5.91 Å². The maximum Gasteiger partial charge on any atom is 0.339 e. The van der Waals surface area contributed by atoms with Gasteiger partial charge in [-0.05, 0) is 66.0 Å². The number of amides is 1. The Balaban J connectivity index is 2.01. The average Bonchev–Trinajstić information content (AvgIpc) is 2.50. The number of anilines is 1. The summed E-state index contributed by atoms with van der Waals surface area (Å²) in [6.07, 6.45) is 0. The molecule has 1 N–H and O–H groups in total. The summed E-state index contributed by atoms with van der Waals surface area (Å²) in [7, 11) is 0. The van der Waals surface area contributed by atoms with E-state index in [1.807, 2.05) is 32.9 Å². The first-order chi connectivity index (χ1) is 11.3. The Labute approximate surface area is 148 Å². The number of aryl methyl sites for hydroxylation is 3. The number of hydrogen-bond donors (Lipinski definition) is 1. The topological polar surface area (TPSA) is 55.4 Å². The smallest absolute Gasteiger partial charge is 0.339 e. The highest BCUT2D eigenvalue weighted by Gasteiger charge is 2.15. The third kappa shape index (κ3) is 4.41. The number of ether oxygens (including phenoxy) is 1. The molecule has 0 spiro atoms. The summed E-state index contributed by atoms with van der Waals surface area (Å²) in [5, 5.41) is 2.74. The largest absolute Gasteiger partial charge is 0.452 e. The van der Waals surface area contributed by atoms with E-state index in [1.54, 1.807) is 0 Å². The molecule has 2 rings (SSSR count). The van der Waals surface area contributed by atoms with E-state index in [2.05, 4.69) is 21.2 Å². The number of carbonyl (C=O) groups is 2. The van der Waals surface area contributed by atoms with E-state index in [4.69, 9.17) is 4.74 Å². The SMILES string of the molecule is Cc1cc(C)c(NC(=O)COC(=O)c2cc(F)ccc2Br)c(C)c1. The van der Waals surface area contributed by atoms with Crippen molar-refractivity contribution in [3.05, 3.63) is 62.9 Å². The maximum absolute atomic E-state index is 13.2. The summed E-state index contributed by atoms with van der Waals surface area (Å²) in [4.78, 5) is 24.0. The molecule has 0 saturated heterocycles. The predicted molar refractivity (Wildman–Crippen MR) is 93.7 cm³/mol. The molecule has 0 bridgehead atoms. The van der Waals surface area contributed by atoms with Crippen LogP contribution in [0.15, 0.2) is 34.8 Å². The first kappa shape index (κ1) is 18.1. The Morgan fingerprint density at radius 1 is 1.12 bits per heavy atom. The standard InChI is InChI=1S/C18H17BrFNO3/c1-10-6-11(2)17(12(3)7-10)21-16(22)9-24-18(23)14-8-13(20)4-5-15(14)19/h4-8H,9H2,1-3H3,(H,21,22). The fourth-order valence-corrected chi connectivity index (χ4v) is 2.82. The van der Waals surface area contributed by atoms with E-state index >= 15 is 0 Å². The van der Waals surface area contributed by atoms with Crippen molar-refractivity contribution in [2.24, 2.45) is 0 Å². The van der Waals surface area contributed by atoms with Crippen LogP contribution in [0.4, 0.5) is 10.1 Å².